The van der Waals surface area contributed by atoms with Crippen molar-refractivity contribution >= 4 is 55.3 Å². The Morgan fingerprint density at radius 2 is 1.12 bits per heavy atom. The molecule has 0 bridgehead atoms. The van der Waals surface area contributed by atoms with Crippen molar-refractivity contribution in [2.24, 2.45) is 4.99 Å². The van der Waals surface area contributed by atoms with Crippen LogP contribution in [-0.2, 0) is 5.54 Å². The summed E-state index contributed by atoms with van der Waals surface area (Å²) < 4.78 is 9.12. The zero-order valence-electron chi connectivity index (χ0n) is 32.2. The molecule has 1 aliphatic rings. The molecule has 10 aromatic rings. The van der Waals surface area contributed by atoms with E-state index in [0.29, 0.717) is 17.1 Å². The summed E-state index contributed by atoms with van der Waals surface area (Å²) in [4.78, 5) is 5.36. The van der Waals surface area contributed by atoms with Gasteiger partial charge in [0.05, 0.1) is 45.0 Å². The molecule has 0 spiro atoms. The van der Waals surface area contributed by atoms with Crippen molar-refractivity contribution < 1.29 is 4.42 Å². The highest BCUT2D eigenvalue weighted by atomic mass is 16.3. The maximum Gasteiger partial charge on any atom is 0.145 e. The lowest BCUT2D eigenvalue weighted by Crippen LogP contribution is -2.47. The number of nitrogens with one attached hydrogen (secondary N) is 1. The summed E-state index contributed by atoms with van der Waals surface area (Å²) in [6, 6.07) is 69.9. The second kappa shape index (κ2) is 13.6. The van der Waals surface area contributed by atoms with Gasteiger partial charge in [-0.05, 0) is 60.0 Å². The van der Waals surface area contributed by atoms with Crippen LogP contribution in [0.1, 0.15) is 23.6 Å². The van der Waals surface area contributed by atoms with Gasteiger partial charge < -0.3 is 14.3 Å². The zero-order chi connectivity index (χ0) is 39.5. The Balaban J connectivity index is 1.25. The number of aromatic nitrogens is 1. The van der Waals surface area contributed by atoms with Gasteiger partial charge in [-0.1, -0.05) is 158 Å². The molecular weight excluding hydrogens is 721 g/mol. The topological polar surface area (TPSA) is 66.2 Å². The number of hydrogen-bond donors (Lipinski definition) is 1. The monoisotopic (exact) mass is 756 g/mol. The van der Waals surface area contributed by atoms with Gasteiger partial charge in [0.15, 0.2) is 0 Å². The first-order valence-electron chi connectivity index (χ1n) is 19.9. The summed E-state index contributed by atoms with van der Waals surface area (Å²) in [5.74, 6) is 0.682. The average Bonchev–Trinajstić information content (AvgIpc) is 3.85. The van der Waals surface area contributed by atoms with Gasteiger partial charge in [-0.15, -0.1) is 0 Å². The van der Waals surface area contributed by atoms with Crippen molar-refractivity contribution in [1.82, 2.24) is 9.88 Å². The number of hydrogen-bond acceptors (Lipinski definition) is 4. The maximum atomic E-state index is 10.9. The predicted molar refractivity (Wildman–Crippen MR) is 241 cm³/mol. The number of fused-ring (bicyclic) bond motifs is 7. The van der Waals surface area contributed by atoms with E-state index in [1.807, 2.05) is 60.7 Å². The van der Waals surface area contributed by atoms with Crippen molar-refractivity contribution in [2.75, 3.05) is 0 Å². The van der Waals surface area contributed by atoms with E-state index in [1.54, 1.807) is 0 Å². The average molecular weight is 757 g/mol. The summed E-state index contributed by atoms with van der Waals surface area (Å²) in [6.07, 6.45) is 0. The molecule has 3 heterocycles. The number of furan rings is 1. The van der Waals surface area contributed by atoms with Crippen LogP contribution < -0.4 is 5.32 Å². The van der Waals surface area contributed by atoms with E-state index in [2.05, 4.69) is 156 Å². The van der Waals surface area contributed by atoms with E-state index in [0.717, 1.165) is 88.4 Å². The standard InChI is InChI=1S/C54H36N4O/c1-54(39-24-12-5-13-25-39)45(34-55)50(37-22-10-4-11-23-37)56-53(57-54)38-32-43(35-18-6-2-7-19-35)51(44(33-38)36-20-8-3-9-21-36)58-46-28-16-14-27-42(46)49-47(58)31-30-41-40-26-15-17-29-48(40)59-52(41)49/h2-33H,1H3,(H,56,57). The van der Waals surface area contributed by atoms with Gasteiger partial charge in [-0.2, -0.15) is 5.26 Å². The minimum atomic E-state index is -0.873. The zero-order valence-corrected chi connectivity index (χ0v) is 32.2. The molecule has 1 aliphatic heterocycles. The molecule has 2 aromatic heterocycles. The Morgan fingerprint density at radius 3 is 1.76 bits per heavy atom. The van der Waals surface area contributed by atoms with Crippen LogP contribution in [0.25, 0.3) is 77.4 Å². The number of rotatable bonds is 6. The van der Waals surface area contributed by atoms with E-state index in [1.165, 1.54) is 0 Å². The number of aliphatic imine (C=N–C) groups is 1. The van der Waals surface area contributed by atoms with Gasteiger partial charge >= 0.3 is 0 Å². The Morgan fingerprint density at radius 1 is 0.559 bits per heavy atom. The number of nitriles is 1. The fourth-order valence-electron chi connectivity index (χ4n) is 8.99. The molecule has 0 fully saturated rings. The fourth-order valence-corrected chi connectivity index (χ4v) is 8.99. The highest BCUT2D eigenvalue weighted by Crippen LogP contribution is 2.46. The Bertz CT molecular complexity index is 3290. The van der Waals surface area contributed by atoms with Gasteiger partial charge in [0, 0.05) is 38.4 Å². The molecule has 11 rings (SSSR count). The van der Waals surface area contributed by atoms with Crippen LogP contribution in [0.2, 0.25) is 0 Å². The minimum absolute atomic E-state index is 0.559. The summed E-state index contributed by atoms with van der Waals surface area (Å²) in [6.45, 7) is 2.08. The first-order valence-corrected chi connectivity index (χ1v) is 19.9. The smallest absolute Gasteiger partial charge is 0.145 e. The van der Waals surface area contributed by atoms with Crippen molar-refractivity contribution in [3.8, 4) is 34.0 Å². The molecule has 0 saturated heterocycles. The molecule has 59 heavy (non-hydrogen) atoms. The van der Waals surface area contributed by atoms with Gasteiger partial charge in [0.2, 0.25) is 0 Å². The van der Waals surface area contributed by atoms with E-state index < -0.39 is 5.54 Å². The molecule has 0 saturated carbocycles. The molecule has 8 aromatic carbocycles. The van der Waals surface area contributed by atoms with E-state index in [9.17, 15) is 5.26 Å². The molecule has 278 valence electrons. The lowest BCUT2D eigenvalue weighted by Gasteiger charge is -2.37. The largest absolute Gasteiger partial charge is 0.455 e. The van der Waals surface area contributed by atoms with Gasteiger partial charge in [0.1, 0.15) is 17.0 Å². The third-order valence-electron chi connectivity index (χ3n) is 11.8. The van der Waals surface area contributed by atoms with Crippen LogP contribution in [0.4, 0.5) is 0 Å². The third-order valence-corrected chi connectivity index (χ3v) is 11.8. The quantitative estimate of drug-likeness (QED) is 0.184. The van der Waals surface area contributed by atoms with Crippen LogP contribution in [0, 0.1) is 11.3 Å². The van der Waals surface area contributed by atoms with Gasteiger partial charge in [-0.3, -0.25) is 0 Å². The maximum absolute atomic E-state index is 10.9. The number of nitrogens with zero attached hydrogens (tertiary/aromatic N) is 3. The highest BCUT2D eigenvalue weighted by molar-refractivity contribution is 6.24. The van der Waals surface area contributed by atoms with Crippen molar-refractivity contribution in [3.05, 3.63) is 216 Å². The minimum Gasteiger partial charge on any atom is -0.455 e. The highest BCUT2D eigenvalue weighted by Gasteiger charge is 2.39. The van der Waals surface area contributed by atoms with Gasteiger partial charge in [-0.25, -0.2) is 4.99 Å². The molecule has 5 nitrogen and oxygen atoms in total. The number of amidine groups is 1. The van der Waals surface area contributed by atoms with Crippen LogP contribution in [0.3, 0.4) is 0 Å². The second-order valence-corrected chi connectivity index (χ2v) is 15.2. The summed E-state index contributed by atoms with van der Waals surface area (Å²) in [7, 11) is 0. The predicted octanol–water partition coefficient (Wildman–Crippen LogP) is 13.2. The molecule has 5 heteroatoms. The van der Waals surface area contributed by atoms with Crippen LogP contribution in [-0.4, -0.2) is 10.4 Å². The first-order chi connectivity index (χ1) is 29.1. The number of para-hydroxylation sites is 2. The third kappa shape index (κ3) is 5.42. The molecule has 0 radical (unpaired) electrons. The van der Waals surface area contributed by atoms with Crippen molar-refractivity contribution in [1.29, 1.82) is 5.26 Å². The Labute approximate surface area is 341 Å². The molecule has 1 N–H and O–H groups in total. The van der Waals surface area contributed by atoms with E-state index >= 15 is 0 Å². The SMILES string of the molecule is CC1(c2ccccc2)NC(c2cc(-c3ccccc3)c(-n3c4ccccc4c4c5oc6ccccc6c5ccc43)c(-c3ccccc3)c2)=NC(c2ccccc2)=C1C#N. The van der Waals surface area contributed by atoms with Crippen molar-refractivity contribution in [3.63, 3.8) is 0 Å². The molecular formula is C54H36N4O. The van der Waals surface area contributed by atoms with Gasteiger partial charge in [0.25, 0.3) is 0 Å². The number of benzene rings is 8. The van der Waals surface area contributed by atoms with Crippen LogP contribution in [0.5, 0.6) is 0 Å². The second-order valence-electron chi connectivity index (χ2n) is 15.2. The fraction of sp³-hybridized carbons (Fsp3) is 0.0370. The van der Waals surface area contributed by atoms with Crippen molar-refractivity contribution in [2.45, 2.75) is 12.5 Å². The van der Waals surface area contributed by atoms with E-state index in [4.69, 9.17) is 9.41 Å². The molecule has 0 aliphatic carbocycles. The summed E-state index contributed by atoms with van der Waals surface area (Å²) in [5.41, 5.74) is 12.2. The van der Waals surface area contributed by atoms with Crippen LogP contribution in [0.15, 0.2) is 209 Å². The summed E-state index contributed by atoms with van der Waals surface area (Å²) in [5, 5.41) is 19.1. The molecule has 1 unspecified atom stereocenters. The van der Waals surface area contributed by atoms with E-state index in [-0.39, 0.29) is 0 Å². The summed E-state index contributed by atoms with van der Waals surface area (Å²) >= 11 is 0. The molecule has 0 amide bonds. The lowest BCUT2D eigenvalue weighted by atomic mass is 9.81. The Kier molecular flexibility index (Phi) is 7.92. The lowest BCUT2D eigenvalue weighted by molar-refractivity contribution is 0.526. The van der Waals surface area contributed by atoms with Crippen LogP contribution >= 0.6 is 0 Å². The first kappa shape index (κ1) is 34.3. The normalized spacial score (nSPS) is 15.4. The Hall–Kier alpha value is -7.94. The molecule has 1 atom stereocenters.